The van der Waals surface area contributed by atoms with Crippen LogP contribution in [-0.2, 0) is 0 Å². The predicted octanol–water partition coefficient (Wildman–Crippen LogP) is 3.04. The lowest BCUT2D eigenvalue weighted by atomic mass is 10.1. The maximum Gasteiger partial charge on any atom is 0.177 e. The molecule has 0 spiro atoms. The molecule has 0 aliphatic carbocycles. The van der Waals surface area contributed by atoms with Crippen molar-refractivity contribution in [2.45, 2.75) is 0 Å². The van der Waals surface area contributed by atoms with Crippen LogP contribution >= 0.6 is 31.9 Å². The monoisotopic (exact) mass is 336 g/mol. The van der Waals surface area contributed by atoms with Crippen molar-refractivity contribution in [3.63, 3.8) is 0 Å². The number of benzene rings is 1. The number of methoxy groups -OCH3 is 2. The SMILES string of the molecule is COc1ccc(C(=O)CBr)c(OC)c1Br. The van der Waals surface area contributed by atoms with Crippen LogP contribution in [0.5, 0.6) is 11.5 Å². The van der Waals surface area contributed by atoms with Crippen LogP contribution in [0.25, 0.3) is 0 Å². The summed E-state index contributed by atoms with van der Waals surface area (Å²) in [5.74, 6) is 1.10. The molecule has 5 heteroatoms. The van der Waals surface area contributed by atoms with Gasteiger partial charge in [0.05, 0.1) is 25.1 Å². The molecule has 0 radical (unpaired) electrons. The maximum atomic E-state index is 11.6. The minimum Gasteiger partial charge on any atom is -0.495 e. The van der Waals surface area contributed by atoms with E-state index >= 15 is 0 Å². The van der Waals surface area contributed by atoms with Gasteiger partial charge >= 0.3 is 0 Å². The van der Waals surface area contributed by atoms with Crippen LogP contribution in [0.1, 0.15) is 10.4 Å². The van der Waals surface area contributed by atoms with E-state index in [0.717, 1.165) is 0 Å². The van der Waals surface area contributed by atoms with E-state index < -0.39 is 0 Å². The van der Waals surface area contributed by atoms with E-state index in [2.05, 4.69) is 31.9 Å². The average Bonchev–Trinajstić information content (AvgIpc) is 2.27. The third kappa shape index (κ3) is 2.52. The molecule has 1 rings (SSSR count). The molecule has 0 fully saturated rings. The fraction of sp³-hybridized carbons (Fsp3) is 0.300. The summed E-state index contributed by atoms with van der Waals surface area (Å²) in [6.45, 7) is 0. The number of hydrogen-bond acceptors (Lipinski definition) is 3. The lowest BCUT2D eigenvalue weighted by Gasteiger charge is -2.11. The number of carbonyl (C=O) groups is 1. The molecule has 0 aromatic heterocycles. The molecule has 82 valence electrons. The number of Topliss-reactive ketones (excluding diaryl/α,β-unsaturated/α-hetero) is 1. The van der Waals surface area contributed by atoms with Crippen LogP contribution in [0.3, 0.4) is 0 Å². The fourth-order valence-electron chi connectivity index (χ4n) is 1.19. The molecule has 0 aliphatic heterocycles. The largest absolute Gasteiger partial charge is 0.495 e. The molecule has 0 N–H and O–H groups in total. The van der Waals surface area contributed by atoms with E-state index in [4.69, 9.17) is 9.47 Å². The van der Waals surface area contributed by atoms with Crippen molar-refractivity contribution in [1.82, 2.24) is 0 Å². The lowest BCUT2D eigenvalue weighted by molar-refractivity contribution is 0.102. The Hall–Kier alpha value is -0.550. The highest BCUT2D eigenvalue weighted by Crippen LogP contribution is 2.37. The molecule has 0 atom stereocenters. The second-order valence-corrected chi connectivity index (χ2v) is 4.07. The Morgan fingerprint density at radius 2 is 2.00 bits per heavy atom. The zero-order chi connectivity index (χ0) is 11.4. The Morgan fingerprint density at radius 3 is 2.47 bits per heavy atom. The summed E-state index contributed by atoms with van der Waals surface area (Å²) >= 11 is 6.46. The molecule has 1 aromatic rings. The van der Waals surface area contributed by atoms with Gasteiger partial charge < -0.3 is 9.47 Å². The van der Waals surface area contributed by atoms with Crippen molar-refractivity contribution in [3.05, 3.63) is 22.2 Å². The van der Waals surface area contributed by atoms with Crippen LogP contribution < -0.4 is 9.47 Å². The standard InChI is InChI=1S/C10H10Br2O3/c1-14-8-4-3-6(7(13)5-11)10(15-2)9(8)12/h3-4H,5H2,1-2H3. The zero-order valence-electron chi connectivity index (χ0n) is 8.34. The second kappa shape index (κ2) is 5.51. The van der Waals surface area contributed by atoms with E-state index in [1.807, 2.05) is 0 Å². The van der Waals surface area contributed by atoms with Crippen molar-refractivity contribution in [2.75, 3.05) is 19.5 Å². The van der Waals surface area contributed by atoms with E-state index in [1.54, 1.807) is 19.2 Å². The summed E-state index contributed by atoms with van der Waals surface area (Å²) in [7, 11) is 3.08. The molecule has 0 aliphatic rings. The Bertz CT molecular complexity index is 377. The first-order valence-electron chi connectivity index (χ1n) is 4.15. The van der Waals surface area contributed by atoms with E-state index in [-0.39, 0.29) is 11.1 Å². The van der Waals surface area contributed by atoms with Gasteiger partial charge in [0.2, 0.25) is 0 Å². The normalized spacial score (nSPS) is 9.87. The van der Waals surface area contributed by atoms with Gasteiger partial charge in [0, 0.05) is 0 Å². The molecular weight excluding hydrogens is 328 g/mol. The lowest BCUT2D eigenvalue weighted by Crippen LogP contribution is -2.04. The quantitative estimate of drug-likeness (QED) is 0.625. The molecule has 15 heavy (non-hydrogen) atoms. The van der Waals surface area contributed by atoms with Gasteiger partial charge in [-0.25, -0.2) is 0 Å². The number of halogens is 2. The van der Waals surface area contributed by atoms with Crippen molar-refractivity contribution < 1.29 is 14.3 Å². The molecule has 0 saturated carbocycles. The van der Waals surface area contributed by atoms with Crippen molar-refractivity contribution >= 4 is 37.6 Å². The highest BCUT2D eigenvalue weighted by Gasteiger charge is 2.16. The Labute approximate surface area is 105 Å². The highest BCUT2D eigenvalue weighted by molar-refractivity contribution is 9.10. The number of rotatable bonds is 4. The third-order valence-electron chi connectivity index (χ3n) is 1.91. The highest BCUT2D eigenvalue weighted by atomic mass is 79.9. The topological polar surface area (TPSA) is 35.5 Å². The Balaban J connectivity index is 3.30. The van der Waals surface area contributed by atoms with Gasteiger partial charge in [0.15, 0.2) is 5.78 Å². The fourth-order valence-corrected chi connectivity index (χ4v) is 2.16. The average molecular weight is 338 g/mol. The Kier molecular flexibility index (Phi) is 4.60. The van der Waals surface area contributed by atoms with E-state index in [9.17, 15) is 4.79 Å². The van der Waals surface area contributed by atoms with Crippen molar-refractivity contribution in [1.29, 1.82) is 0 Å². The zero-order valence-corrected chi connectivity index (χ0v) is 11.5. The first kappa shape index (κ1) is 12.5. The summed E-state index contributed by atoms with van der Waals surface area (Å²) in [5.41, 5.74) is 0.530. The van der Waals surface area contributed by atoms with Crippen LogP contribution in [-0.4, -0.2) is 25.3 Å². The molecule has 0 bridgehead atoms. The van der Waals surface area contributed by atoms with Crippen LogP contribution in [0.4, 0.5) is 0 Å². The minimum absolute atomic E-state index is 0.0322. The second-order valence-electron chi connectivity index (χ2n) is 2.72. The van der Waals surface area contributed by atoms with E-state index in [0.29, 0.717) is 21.5 Å². The first-order valence-corrected chi connectivity index (χ1v) is 6.06. The molecule has 1 aromatic carbocycles. The van der Waals surface area contributed by atoms with Gasteiger partial charge in [-0.15, -0.1) is 0 Å². The van der Waals surface area contributed by atoms with Crippen LogP contribution in [0, 0.1) is 0 Å². The molecule has 3 nitrogen and oxygen atoms in total. The Morgan fingerprint density at radius 1 is 1.33 bits per heavy atom. The predicted molar refractivity (Wildman–Crippen MR) is 65.4 cm³/mol. The van der Waals surface area contributed by atoms with Gasteiger partial charge in [0.25, 0.3) is 0 Å². The van der Waals surface area contributed by atoms with Gasteiger partial charge in [0.1, 0.15) is 16.0 Å². The van der Waals surface area contributed by atoms with Crippen LogP contribution in [0.15, 0.2) is 16.6 Å². The number of hydrogen-bond donors (Lipinski definition) is 0. The maximum absolute atomic E-state index is 11.6. The summed E-state index contributed by atoms with van der Waals surface area (Å²) in [6.07, 6.45) is 0. The van der Waals surface area contributed by atoms with E-state index in [1.165, 1.54) is 7.11 Å². The van der Waals surface area contributed by atoms with Gasteiger partial charge in [-0.3, -0.25) is 4.79 Å². The number of alkyl halides is 1. The van der Waals surface area contributed by atoms with Gasteiger partial charge in [-0.2, -0.15) is 0 Å². The molecule has 0 saturated heterocycles. The summed E-state index contributed by atoms with van der Waals surface area (Å²) in [6, 6.07) is 3.41. The molecule has 0 heterocycles. The molecule has 0 amide bonds. The molecule has 0 unspecified atom stereocenters. The smallest absolute Gasteiger partial charge is 0.177 e. The summed E-state index contributed by atoms with van der Waals surface area (Å²) < 4.78 is 10.9. The number of ketones is 1. The summed E-state index contributed by atoms with van der Waals surface area (Å²) in [5, 5.41) is 0.266. The minimum atomic E-state index is -0.0322. The molecular formula is C10H10Br2O3. The van der Waals surface area contributed by atoms with Gasteiger partial charge in [-0.05, 0) is 28.1 Å². The van der Waals surface area contributed by atoms with Crippen molar-refractivity contribution in [2.24, 2.45) is 0 Å². The van der Waals surface area contributed by atoms with Crippen LogP contribution in [0.2, 0.25) is 0 Å². The first-order chi connectivity index (χ1) is 7.15. The van der Waals surface area contributed by atoms with Gasteiger partial charge in [-0.1, -0.05) is 15.9 Å². The van der Waals surface area contributed by atoms with Crippen molar-refractivity contribution in [3.8, 4) is 11.5 Å². The summed E-state index contributed by atoms with van der Waals surface area (Å²) in [4.78, 5) is 11.6. The number of ether oxygens (including phenoxy) is 2. The third-order valence-corrected chi connectivity index (χ3v) is 3.17. The number of carbonyl (C=O) groups excluding carboxylic acids is 1.